The molecule has 1 aliphatic heterocycles. The van der Waals surface area contributed by atoms with E-state index < -0.39 is 10.2 Å². The van der Waals surface area contributed by atoms with Gasteiger partial charge in [-0.15, -0.1) is 0 Å². The quantitative estimate of drug-likeness (QED) is 0.826. The summed E-state index contributed by atoms with van der Waals surface area (Å²) in [6, 6.07) is 8.56. The molecule has 0 amide bonds. The van der Waals surface area contributed by atoms with Crippen molar-refractivity contribution in [3.8, 4) is 0 Å². The zero-order valence-corrected chi connectivity index (χ0v) is 14.6. The van der Waals surface area contributed by atoms with E-state index in [0.29, 0.717) is 12.5 Å². The molecule has 124 valence electrons. The van der Waals surface area contributed by atoms with E-state index in [2.05, 4.69) is 40.8 Å². The number of likely N-dealkylation sites (tertiary alicyclic amines) is 1. The number of nitrogens with zero attached hydrogens (tertiary/aromatic N) is 2. The number of benzene rings is 1. The molecular weight excluding hydrogens is 298 g/mol. The molecule has 1 saturated heterocycles. The highest BCUT2D eigenvalue weighted by Gasteiger charge is 2.24. The number of hydrogen-bond donors (Lipinski definition) is 1. The summed E-state index contributed by atoms with van der Waals surface area (Å²) in [6.07, 6.45) is 2.10. The Morgan fingerprint density at radius 3 is 2.59 bits per heavy atom. The van der Waals surface area contributed by atoms with E-state index in [0.717, 1.165) is 32.5 Å². The number of rotatable bonds is 7. The third-order valence-electron chi connectivity index (χ3n) is 4.30. The summed E-state index contributed by atoms with van der Waals surface area (Å²) in [5.74, 6) is 0.392. The lowest BCUT2D eigenvalue weighted by atomic mass is 10.1. The first-order chi connectivity index (χ1) is 10.4. The second kappa shape index (κ2) is 7.55. The summed E-state index contributed by atoms with van der Waals surface area (Å²) < 4.78 is 27.4. The normalized spacial score (nSPS) is 19.9. The molecule has 2 rings (SSSR count). The lowest BCUT2D eigenvalue weighted by Crippen LogP contribution is -2.38. The topological polar surface area (TPSA) is 52.7 Å². The van der Waals surface area contributed by atoms with Crippen LogP contribution in [-0.2, 0) is 23.2 Å². The summed E-state index contributed by atoms with van der Waals surface area (Å²) in [4.78, 5) is 2.42. The molecule has 5 nitrogen and oxygen atoms in total. The summed E-state index contributed by atoms with van der Waals surface area (Å²) in [5.41, 5.74) is 2.79. The smallest absolute Gasteiger partial charge is 0.278 e. The molecule has 0 unspecified atom stereocenters. The Balaban J connectivity index is 1.85. The maximum absolute atomic E-state index is 11.7. The minimum absolute atomic E-state index is 0.392. The maximum atomic E-state index is 11.7. The van der Waals surface area contributed by atoms with Gasteiger partial charge in [-0.1, -0.05) is 31.2 Å². The summed E-state index contributed by atoms with van der Waals surface area (Å²) in [7, 11) is -0.215. The predicted octanol–water partition coefficient (Wildman–Crippen LogP) is 1.47. The molecule has 1 atom stereocenters. The van der Waals surface area contributed by atoms with Crippen LogP contribution in [0.3, 0.4) is 0 Å². The molecule has 1 aliphatic rings. The molecular formula is C16H27N3O2S. The van der Waals surface area contributed by atoms with Crippen molar-refractivity contribution in [2.24, 2.45) is 5.92 Å². The van der Waals surface area contributed by atoms with Gasteiger partial charge in [0.1, 0.15) is 0 Å². The van der Waals surface area contributed by atoms with Gasteiger partial charge in [0.2, 0.25) is 0 Å². The van der Waals surface area contributed by atoms with E-state index in [9.17, 15) is 8.42 Å². The Morgan fingerprint density at radius 1 is 1.27 bits per heavy atom. The van der Waals surface area contributed by atoms with Crippen molar-refractivity contribution >= 4 is 10.2 Å². The third kappa shape index (κ3) is 4.52. The number of aryl methyl sites for hydroxylation is 1. The molecule has 0 spiro atoms. The lowest BCUT2D eigenvalue weighted by Gasteiger charge is -2.19. The van der Waals surface area contributed by atoms with Crippen LogP contribution >= 0.6 is 0 Å². The minimum Gasteiger partial charge on any atom is -0.299 e. The van der Waals surface area contributed by atoms with Gasteiger partial charge >= 0.3 is 0 Å². The van der Waals surface area contributed by atoms with Gasteiger partial charge < -0.3 is 0 Å². The van der Waals surface area contributed by atoms with Gasteiger partial charge in [0.05, 0.1) is 0 Å². The van der Waals surface area contributed by atoms with E-state index in [1.165, 1.54) is 15.4 Å². The summed E-state index contributed by atoms with van der Waals surface area (Å²) >= 11 is 0. The Kier molecular flexibility index (Phi) is 5.97. The highest BCUT2D eigenvalue weighted by atomic mass is 32.2. The Morgan fingerprint density at radius 2 is 1.95 bits per heavy atom. The van der Waals surface area contributed by atoms with Gasteiger partial charge in [0.15, 0.2) is 0 Å². The van der Waals surface area contributed by atoms with Crippen molar-refractivity contribution in [2.75, 3.05) is 33.7 Å². The molecule has 1 heterocycles. The average molecular weight is 325 g/mol. The fourth-order valence-corrected chi connectivity index (χ4v) is 3.58. The molecule has 1 N–H and O–H groups in total. The lowest BCUT2D eigenvalue weighted by molar-refractivity contribution is 0.315. The van der Waals surface area contributed by atoms with Crippen LogP contribution in [0.25, 0.3) is 0 Å². The zero-order chi connectivity index (χ0) is 16.2. The van der Waals surface area contributed by atoms with Crippen LogP contribution in [0.15, 0.2) is 24.3 Å². The van der Waals surface area contributed by atoms with Gasteiger partial charge in [0, 0.05) is 33.7 Å². The number of nitrogens with one attached hydrogen (secondary N) is 1. The molecule has 1 fully saturated rings. The predicted molar refractivity (Wildman–Crippen MR) is 89.8 cm³/mol. The monoisotopic (exact) mass is 325 g/mol. The molecule has 6 heteroatoms. The van der Waals surface area contributed by atoms with Crippen molar-refractivity contribution in [3.63, 3.8) is 0 Å². The maximum Gasteiger partial charge on any atom is 0.278 e. The first-order valence-electron chi connectivity index (χ1n) is 7.88. The highest BCUT2D eigenvalue weighted by molar-refractivity contribution is 7.87. The molecule has 0 bridgehead atoms. The standard InChI is InChI=1S/C16H27N3O2S/c1-4-15-7-5-6-8-16(15)13-19-10-9-14(12-19)11-17-22(20,21)18(2)3/h5-8,14,17H,4,9-13H2,1-3H3/t14-/m0/s1. The first kappa shape index (κ1) is 17.4. The Hall–Kier alpha value is -0.950. The second-order valence-electron chi connectivity index (χ2n) is 6.15. The highest BCUT2D eigenvalue weighted by Crippen LogP contribution is 2.20. The van der Waals surface area contributed by atoms with E-state index in [-0.39, 0.29) is 0 Å². The Labute approximate surface area is 134 Å². The van der Waals surface area contributed by atoms with Crippen molar-refractivity contribution in [1.29, 1.82) is 0 Å². The Bertz CT molecular complexity index is 587. The molecule has 0 aromatic heterocycles. The fourth-order valence-electron chi connectivity index (χ4n) is 2.87. The summed E-state index contributed by atoms with van der Waals surface area (Å²) in [5, 5.41) is 0. The van der Waals surface area contributed by atoms with E-state index in [1.54, 1.807) is 14.1 Å². The zero-order valence-electron chi connectivity index (χ0n) is 13.7. The van der Waals surface area contributed by atoms with E-state index in [4.69, 9.17) is 0 Å². The van der Waals surface area contributed by atoms with Crippen molar-refractivity contribution in [2.45, 2.75) is 26.3 Å². The molecule has 0 aliphatic carbocycles. The van der Waals surface area contributed by atoms with Crippen LogP contribution < -0.4 is 4.72 Å². The van der Waals surface area contributed by atoms with Crippen LogP contribution in [0.2, 0.25) is 0 Å². The average Bonchev–Trinajstić information content (AvgIpc) is 2.93. The molecule has 1 aromatic rings. The van der Waals surface area contributed by atoms with Crippen molar-refractivity contribution in [1.82, 2.24) is 13.9 Å². The van der Waals surface area contributed by atoms with Crippen LogP contribution in [0.4, 0.5) is 0 Å². The molecule has 0 radical (unpaired) electrons. The van der Waals surface area contributed by atoms with Crippen LogP contribution in [0, 0.1) is 5.92 Å². The van der Waals surface area contributed by atoms with Gasteiger partial charge in [-0.05, 0) is 36.4 Å². The molecule has 1 aromatic carbocycles. The van der Waals surface area contributed by atoms with Crippen molar-refractivity contribution in [3.05, 3.63) is 35.4 Å². The van der Waals surface area contributed by atoms with Crippen molar-refractivity contribution < 1.29 is 8.42 Å². The van der Waals surface area contributed by atoms with Gasteiger partial charge in [-0.3, -0.25) is 4.90 Å². The SMILES string of the molecule is CCc1ccccc1CN1CC[C@@H](CNS(=O)(=O)N(C)C)C1. The van der Waals surface area contributed by atoms with Crippen LogP contribution in [-0.4, -0.2) is 51.4 Å². The first-order valence-corrected chi connectivity index (χ1v) is 9.32. The number of hydrogen-bond acceptors (Lipinski definition) is 3. The van der Waals surface area contributed by atoms with Crippen LogP contribution in [0.1, 0.15) is 24.5 Å². The fraction of sp³-hybridized carbons (Fsp3) is 0.625. The summed E-state index contributed by atoms with van der Waals surface area (Å²) in [6.45, 7) is 5.65. The van der Waals surface area contributed by atoms with Crippen LogP contribution in [0.5, 0.6) is 0 Å². The van der Waals surface area contributed by atoms with E-state index >= 15 is 0 Å². The second-order valence-corrected chi connectivity index (χ2v) is 8.12. The van der Waals surface area contributed by atoms with E-state index in [1.807, 2.05) is 0 Å². The van der Waals surface area contributed by atoms with Gasteiger partial charge in [0.25, 0.3) is 10.2 Å². The molecule has 22 heavy (non-hydrogen) atoms. The van der Waals surface area contributed by atoms with Gasteiger partial charge in [-0.25, -0.2) is 4.72 Å². The van der Waals surface area contributed by atoms with Gasteiger partial charge in [-0.2, -0.15) is 12.7 Å². The minimum atomic E-state index is -3.31. The largest absolute Gasteiger partial charge is 0.299 e. The molecule has 0 saturated carbocycles. The third-order valence-corrected chi connectivity index (χ3v) is 5.79.